The number of nitrogens with zero attached hydrogens (tertiary/aromatic N) is 3. The first kappa shape index (κ1) is 14.0. The van der Waals surface area contributed by atoms with Gasteiger partial charge in [-0.3, -0.25) is 9.59 Å². The minimum Gasteiger partial charge on any atom is -0.350 e. The smallest absolute Gasteiger partial charge is 0.269 e. The molecule has 2 amide bonds. The van der Waals surface area contributed by atoms with E-state index in [4.69, 9.17) is 5.26 Å². The lowest BCUT2D eigenvalue weighted by Gasteiger charge is -2.15. The topological polar surface area (TPSA) is 86.1 Å². The first-order valence-corrected chi connectivity index (χ1v) is 6.63. The van der Waals surface area contributed by atoms with E-state index in [9.17, 15) is 9.59 Å². The van der Waals surface area contributed by atoms with Crippen LogP contribution in [0.4, 0.5) is 0 Å². The van der Waals surface area contributed by atoms with E-state index in [0.717, 1.165) is 25.9 Å². The average Bonchev–Trinajstić information content (AvgIpc) is 3.01. The minimum atomic E-state index is -0.330. The first-order chi connectivity index (χ1) is 9.70. The van der Waals surface area contributed by atoms with Gasteiger partial charge in [0.05, 0.1) is 5.56 Å². The van der Waals surface area contributed by atoms with Crippen molar-refractivity contribution in [1.29, 1.82) is 5.26 Å². The number of aromatic nitrogens is 1. The van der Waals surface area contributed by atoms with E-state index in [1.54, 1.807) is 0 Å². The molecule has 104 valence electrons. The van der Waals surface area contributed by atoms with Gasteiger partial charge >= 0.3 is 0 Å². The standard InChI is InChI=1S/C14H16N4O2/c15-9-11-3-4-12(17-10-11)14(20)16-6-5-13(19)18-7-1-2-8-18/h3-4,10H,1-2,5-8H2,(H,16,20). The molecule has 6 nitrogen and oxygen atoms in total. The number of likely N-dealkylation sites (tertiary alicyclic amines) is 1. The van der Waals surface area contributed by atoms with Gasteiger partial charge in [0.2, 0.25) is 5.91 Å². The highest BCUT2D eigenvalue weighted by Gasteiger charge is 2.17. The summed E-state index contributed by atoms with van der Waals surface area (Å²) >= 11 is 0. The Bertz CT molecular complexity index is 527. The van der Waals surface area contributed by atoms with Crippen molar-refractivity contribution in [2.75, 3.05) is 19.6 Å². The van der Waals surface area contributed by atoms with Crippen molar-refractivity contribution in [1.82, 2.24) is 15.2 Å². The van der Waals surface area contributed by atoms with Crippen LogP contribution >= 0.6 is 0 Å². The third-order valence-electron chi connectivity index (χ3n) is 3.21. The Morgan fingerprint density at radius 2 is 2.10 bits per heavy atom. The van der Waals surface area contributed by atoms with Crippen molar-refractivity contribution in [3.63, 3.8) is 0 Å². The molecule has 1 aliphatic rings. The third kappa shape index (κ3) is 3.54. The maximum absolute atomic E-state index is 11.8. The zero-order chi connectivity index (χ0) is 14.4. The molecule has 0 unspecified atom stereocenters. The zero-order valence-corrected chi connectivity index (χ0v) is 11.1. The van der Waals surface area contributed by atoms with Crippen LogP contribution in [-0.2, 0) is 4.79 Å². The van der Waals surface area contributed by atoms with E-state index in [2.05, 4.69) is 10.3 Å². The first-order valence-electron chi connectivity index (χ1n) is 6.63. The molecule has 0 saturated carbocycles. The number of rotatable bonds is 4. The molecule has 6 heteroatoms. The molecular weight excluding hydrogens is 256 g/mol. The molecule has 0 bridgehead atoms. The van der Waals surface area contributed by atoms with E-state index < -0.39 is 0 Å². The van der Waals surface area contributed by atoms with Gasteiger partial charge in [-0.25, -0.2) is 4.98 Å². The fraction of sp³-hybridized carbons (Fsp3) is 0.429. The van der Waals surface area contributed by atoms with Gasteiger partial charge in [-0.05, 0) is 25.0 Å². The number of nitrogens with one attached hydrogen (secondary N) is 1. The lowest BCUT2D eigenvalue weighted by atomic mass is 10.2. The number of carbonyl (C=O) groups excluding carboxylic acids is 2. The van der Waals surface area contributed by atoms with Crippen LogP contribution in [0.25, 0.3) is 0 Å². The normalized spacial score (nSPS) is 13.8. The van der Waals surface area contributed by atoms with Crippen LogP contribution < -0.4 is 5.32 Å². The summed E-state index contributed by atoms with van der Waals surface area (Å²) in [5, 5.41) is 11.3. The van der Waals surface area contributed by atoms with E-state index in [1.165, 1.54) is 18.3 Å². The Hall–Kier alpha value is -2.42. The predicted molar refractivity (Wildman–Crippen MR) is 71.7 cm³/mol. The van der Waals surface area contributed by atoms with E-state index in [0.29, 0.717) is 18.5 Å². The molecule has 1 aliphatic heterocycles. The summed E-state index contributed by atoms with van der Waals surface area (Å²) in [4.78, 5) is 29.3. The molecule has 0 aromatic carbocycles. The summed E-state index contributed by atoms with van der Waals surface area (Å²) in [6.07, 6.45) is 3.78. The second-order valence-corrected chi connectivity index (χ2v) is 4.64. The van der Waals surface area contributed by atoms with Crippen molar-refractivity contribution in [2.24, 2.45) is 0 Å². The van der Waals surface area contributed by atoms with Gasteiger partial charge in [0, 0.05) is 32.3 Å². The number of amides is 2. The molecular formula is C14H16N4O2. The van der Waals surface area contributed by atoms with Crippen molar-refractivity contribution >= 4 is 11.8 Å². The molecule has 2 heterocycles. The number of hydrogen-bond donors (Lipinski definition) is 1. The maximum Gasteiger partial charge on any atom is 0.269 e. The minimum absolute atomic E-state index is 0.0792. The summed E-state index contributed by atoms with van der Waals surface area (Å²) in [6, 6.07) is 4.97. The molecule has 2 rings (SSSR count). The second-order valence-electron chi connectivity index (χ2n) is 4.64. The summed E-state index contributed by atoms with van der Waals surface area (Å²) in [5.74, 6) is -0.251. The van der Waals surface area contributed by atoms with Crippen LogP contribution in [0.2, 0.25) is 0 Å². The largest absolute Gasteiger partial charge is 0.350 e. The van der Waals surface area contributed by atoms with Crippen LogP contribution in [0.5, 0.6) is 0 Å². The number of pyridine rings is 1. The molecule has 0 atom stereocenters. The molecule has 0 aliphatic carbocycles. The molecule has 1 fully saturated rings. The van der Waals surface area contributed by atoms with Crippen molar-refractivity contribution in [3.8, 4) is 6.07 Å². The Labute approximate surface area is 117 Å². The van der Waals surface area contributed by atoms with Gasteiger partial charge in [0.1, 0.15) is 11.8 Å². The Kier molecular flexibility index (Phi) is 4.66. The third-order valence-corrected chi connectivity index (χ3v) is 3.21. The molecule has 0 radical (unpaired) electrons. The Balaban J connectivity index is 1.77. The van der Waals surface area contributed by atoms with Gasteiger partial charge in [0.15, 0.2) is 0 Å². The van der Waals surface area contributed by atoms with Gasteiger partial charge in [0.25, 0.3) is 5.91 Å². The Morgan fingerprint density at radius 1 is 1.35 bits per heavy atom. The van der Waals surface area contributed by atoms with Crippen molar-refractivity contribution in [2.45, 2.75) is 19.3 Å². The molecule has 1 N–H and O–H groups in total. The predicted octanol–water partition coefficient (Wildman–Crippen LogP) is 0.696. The molecule has 1 aromatic heterocycles. The lowest BCUT2D eigenvalue weighted by Crippen LogP contribution is -2.32. The van der Waals surface area contributed by atoms with Crippen LogP contribution in [0.15, 0.2) is 18.3 Å². The summed E-state index contributed by atoms with van der Waals surface area (Å²) in [5.41, 5.74) is 0.656. The van der Waals surface area contributed by atoms with Gasteiger partial charge in [-0.15, -0.1) is 0 Å². The fourth-order valence-electron chi connectivity index (χ4n) is 2.09. The number of nitriles is 1. The monoisotopic (exact) mass is 272 g/mol. The molecule has 20 heavy (non-hydrogen) atoms. The Morgan fingerprint density at radius 3 is 2.70 bits per heavy atom. The van der Waals surface area contributed by atoms with Crippen molar-refractivity contribution < 1.29 is 9.59 Å². The van der Waals surface area contributed by atoms with Gasteiger partial charge in [-0.1, -0.05) is 0 Å². The quantitative estimate of drug-likeness (QED) is 0.874. The number of carbonyl (C=O) groups is 2. The SMILES string of the molecule is N#Cc1ccc(C(=O)NCCC(=O)N2CCCC2)nc1. The molecule has 1 saturated heterocycles. The van der Waals surface area contributed by atoms with Crippen LogP contribution in [0, 0.1) is 11.3 Å². The average molecular weight is 272 g/mol. The highest BCUT2D eigenvalue weighted by atomic mass is 16.2. The molecule has 1 aromatic rings. The van der Waals surface area contributed by atoms with Crippen LogP contribution in [0.3, 0.4) is 0 Å². The summed E-state index contributed by atoms with van der Waals surface area (Å²) in [7, 11) is 0. The number of hydrogen-bond acceptors (Lipinski definition) is 4. The second kappa shape index (κ2) is 6.66. The van der Waals surface area contributed by atoms with Crippen molar-refractivity contribution in [3.05, 3.63) is 29.6 Å². The van der Waals surface area contributed by atoms with Crippen LogP contribution in [-0.4, -0.2) is 41.3 Å². The van der Waals surface area contributed by atoms with Crippen LogP contribution in [0.1, 0.15) is 35.3 Å². The highest BCUT2D eigenvalue weighted by Crippen LogP contribution is 2.08. The maximum atomic E-state index is 11.8. The fourth-order valence-corrected chi connectivity index (χ4v) is 2.09. The van der Waals surface area contributed by atoms with Gasteiger partial charge in [-0.2, -0.15) is 5.26 Å². The van der Waals surface area contributed by atoms with E-state index in [1.807, 2.05) is 11.0 Å². The van der Waals surface area contributed by atoms with E-state index in [-0.39, 0.29) is 17.5 Å². The highest BCUT2D eigenvalue weighted by molar-refractivity contribution is 5.92. The summed E-state index contributed by atoms with van der Waals surface area (Å²) in [6.45, 7) is 1.95. The lowest BCUT2D eigenvalue weighted by molar-refractivity contribution is -0.129. The summed E-state index contributed by atoms with van der Waals surface area (Å²) < 4.78 is 0. The zero-order valence-electron chi connectivity index (χ0n) is 11.1. The van der Waals surface area contributed by atoms with E-state index >= 15 is 0 Å². The molecule has 0 spiro atoms. The van der Waals surface area contributed by atoms with Gasteiger partial charge < -0.3 is 10.2 Å².